The monoisotopic (exact) mass is 476 g/mol. The van der Waals surface area contributed by atoms with Gasteiger partial charge in [0.1, 0.15) is 12.6 Å². The number of carboxylic acids is 1. The summed E-state index contributed by atoms with van der Waals surface area (Å²) < 4.78 is 0. The number of carbonyl (C=O) groups excluding carboxylic acids is 5. The van der Waals surface area contributed by atoms with Gasteiger partial charge in [0.25, 0.3) is 0 Å². The number of primary amides is 1. The molecule has 9 N–H and O–H groups in total. The van der Waals surface area contributed by atoms with Crippen molar-refractivity contribution in [3.05, 3.63) is 0 Å². The minimum absolute atomic E-state index is 0.0666. The van der Waals surface area contributed by atoms with Crippen LogP contribution in [-0.4, -0.2) is 90.6 Å². The first-order valence-corrected chi connectivity index (χ1v) is 10.4. The Morgan fingerprint density at radius 2 is 1.36 bits per heavy atom. The maximum absolute atomic E-state index is 11.9. The maximum Gasteiger partial charge on any atom is 0.322 e. The van der Waals surface area contributed by atoms with Gasteiger partial charge in [0.15, 0.2) is 0 Å². The Morgan fingerprint density at radius 1 is 0.848 bits per heavy atom. The van der Waals surface area contributed by atoms with Crippen LogP contribution >= 0.6 is 0 Å². The molecule has 0 aromatic rings. The van der Waals surface area contributed by atoms with E-state index in [0.717, 1.165) is 0 Å². The van der Waals surface area contributed by atoms with Crippen LogP contribution in [0.3, 0.4) is 0 Å². The highest BCUT2D eigenvalue weighted by Gasteiger charge is 2.20. The van der Waals surface area contributed by atoms with E-state index < -0.39 is 54.8 Å². The molecule has 0 bridgehead atoms. The van der Waals surface area contributed by atoms with E-state index >= 15 is 0 Å². The molecule has 0 aromatic heterocycles. The number of hydrogen-bond acceptors (Lipinski definition) is 8. The van der Waals surface area contributed by atoms with E-state index in [1.165, 1.54) is 0 Å². The molecule has 0 aromatic carbocycles. The van der Waals surface area contributed by atoms with Gasteiger partial charge in [-0.2, -0.15) is 0 Å². The normalized spacial score (nSPS) is 11.6. The second-order valence-corrected chi connectivity index (χ2v) is 6.87. The minimum atomic E-state index is -1.20. The van der Waals surface area contributed by atoms with Gasteiger partial charge in [-0.05, 0) is 13.3 Å². The highest BCUT2D eigenvalue weighted by atomic mass is 16.4. The smallest absolute Gasteiger partial charge is 0.322 e. The Hall–Kier alpha value is -3.26. The molecule has 2 atom stereocenters. The number of rotatable bonds is 15. The molecule has 5 amide bonds. The van der Waals surface area contributed by atoms with Gasteiger partial charge in [-0.25, -0.2) is 0 Å². The van der Waals surface area contributed by atoms with E-state index in [1.54, 1.807) is 20.8 Å². The first-order chi connectivity index (χ1) is 15.4. The number of aliphatic carboxylic acids is 1. The third-order valence-electron chi connectivity index (χ3n) is 3.61. The van der Waals surface area contributed by atoms with Crippen LogP contribution in [0.25, 0.3) is 0 Å². The van der Waals surface area contributed by atoms with Crippen molar-refractivity contribution in [2.45, 2.75) is 52.2 Å². The fourth-order valence-corrected chi connectivity index (χ4v) is 1.97. The lowest BCUT2D eigenvalue weighted by molar-refractivity contribution is -0.138. The number of aliphatic hydroxyl groups excluding tert-OH is 1. The van der Waals surface area contributed by atoms with Gasteiger partial charge in [0.05, 0.1) is 25.7 Å². The summed E-state index contributed by atoms with van der Waals surface area (Å²) in [6.07, 6.45) is 0.727. The second kappa shape index (κ2) is 19.4. The summed E-state index contributed by atoms with van der Waals surface area (Å²) in [5, 5.41) is 29.5. The quantitative estimate of drug-likeness (QED) is 0.117. The van der Waals surface area contributed by atoms with Crippen LogP contribution in [0.15, 0.2) is 0 Å². The van der Waals surface area contributed by atoms with Crippen LogP contribution in [-0.2, 0) is 28.8 Å². The highest BCUT2D eigenvalue weighted by Crippen LogP contribution is 1.96. The standard InChI is InChI=1S/C16H29N5O7.C3H7NO/c1-3-4-11(16(28)20-9-15(26)27)21-14(25)8-19-13(24)7-18-12(23)6-17-5-10(2)22;1-2-3(4)5/h10-11,17,22H,3-9H2,1-2H3,(H,18,23)(H,19,24)(H,20,28)(H,21,25)(H,26,27);2H2,1H3,(H2,4,5). The van der Waals surface area contributed by atoms with Gasteiger partial charge < -0.3 is 42.5 Å². The first kappa shape index (κ1) is 31.9. The summed E-state index contributed by atoms with van der Waals surface area (Å²) in [5.41, 5.74) is 4.65. The van der Waals surface area contributed by atoms with Crippen LogP contribution in [0.5, 0.6) is 0 Å². The molecule has 2 unspecified atom stereocenters. The third kappa shape index (κ3) is 21.7. The molecule has 0 heterocycles. The molecule has 0 aliphatic heterocycles. The Labute approximate surface area is 192 Å². The van der Waals surface area contributed by atoms with Crippen LogP contribution in [0, 0.1) is 0 Å². The lowest BCUT2D eigenvalue weighted by Crippen LogP contribution is -2.51. The summed E-state index contributed by atoms with van der Waals surface area (Å²) in [4.78, 5) is 66.9. The predicted octanol–water partition coefficient (Wildman–Crippen LogP) is -3.44. The highest BCUT2D eigenvalue weighted by molar-refractivity contribution is 5.92. The van der Waals surface area contributed by atoms with Gasteiger partial charge in [-0.3, -0.25) is 28.8 Å². The SMILES string of the molecule is CCC(N)=O.CCCC(NC(=O)CNC(=O)CNC(=O)CNCC(C)O)C(=O)NCC(=O)O. The Kier molecular flexibility index (Phi) is 18.8. The second-order valence-electron chi connectivity index (χ2n) is 6.87. The molecule has 33 heavy (non-hydrogen) atoms. The number of amides is 5. The average Bonchev–Trinajstić information content (AvgIpc) is 2.74. The lowest BCUT2D eigenvalue weighted by atomic mass is 10.1. The van der Waals surface area contributed by atoms with E-state index in [4.69, 9.17) is 10.2 Å². The number of aliphatic hydroxyl groups is 1. The number of carbonyl (C=O) groups is 6. The Balaban J connectivity index is 0. The molecule has 0 radical (unpaired) electrons. The zero-order valence-corrected chi connectivity index (χ0v) is 19.2. The van der Waals surface area contributed by atoms with Crippen molar-refractivity contribution in [1.29, 1.82) is 0 Å². The van der Waals surface area contributed by atoms with Crippen LogP contribution < -0.4 is 32.3 Å². The molecular weight excluding hydrogens is 440 g/mol. The molecule has 14 heteroatoms. The molecule has 0 spiro atoms. The van der Waals surface area contributed by atoms with Gasteiger partial charge in [-0.1, -0.05) is 20.3 Å². The fraction of sp³-hybridized carbons (Fsp3) is 0.684. The first-order valence-electron chi connectivity index (χ1n) is 10.4. The number of nitrogens with one attached hydrogen (secondary N) is 5. The third-order valence-corrected chi connectivity index (χ3v) is 3.61. The van der Waals surface area contributed by atoms with Crippen LogP contribution in [0.1, 0.15) is 40.0 Å². The van der Waals surface area contributed by atoms with E-state index in [-0.39, 0.29) is 25.5 Å². The minimum Gasteiger partial charge on any atom is -0.480 e. The molecule has 0 saturated carbocycles. The Morgan fingerprint density at radius 3 is 1.82 bits per heavy atom. The van der Waals surface area contributed by atoms with Gasteiger partial charge in [-0.15, -0.1) is 0 Å². The molecule has 190 valence electrons. The molecule has 0 aliphatic rings. The molecular formula is C19H36N6O8. The summed E-state index contributed by atoms with van der Waals surface area (Å²) in [6, 6.07) is -0.909. The fourth-order valence-electron chi connectivity index (χ4n) is 1.97. The number of nitrogens with two attached hydrogens (primary N) is 1. The van der Waals surface area contributed by atoms with Crippen molar-refractivity contribution < 1.29 is 39.0 Å². The number of hydrogen-bond donors (Lipinski definition) is 8. The average molecular weight is 477 g/mol. The molecule has 0 fully saturated rings. The van der Waals surface area contributed by atoms with Crippen molar-refractivity contribution in [2.75, 3.05) is 32.7 Å². The summed E-state index contributed by atoms with van der Waals surface area (Å²) in [5.74, 6) is -3.74. The van der Waals surface area contributed by atoms with Crippen molar-refractivity contribution >= 4 is 35.5 Å². The molecule has 0 saturated heterocycles. The summed E-state index contributed by atoms with van der Waals surface area (Å²) in [6.45, 7) is 3.96. The van der Waals surface area contributed by atoms with E-state index in [9.17, 15) is 28.8 Å². The summed E-state index contributed by atoms with van der Waals surface area (Å²) in [7, 11) is 0. The van der Waals surface area contributed by atoms with Crippen LogP contribution in [0.4, 0.5) is 0 Å². The van der Waals surface area contributed by atoms with E-state index in [1.807, 2.05) is 0 Å². The van der Waals surface area contributed by atoms with Crippen molar-refractivity contribution in [3.8, 4) is 0 Å². The van der Waals surface area contributed by atoms with Crippen molar-refractivity contribution in [3.63, 3.8) is 0 Å². The van der Waals surface area contributed by atoms with E-state index in [2.05, 4.69) is 32.3 Å². The van der Waals surface area contributed by atoms with E-state index in [0.29, 0.717) is 19.3 Å². The lowest BCUT2D eigenvalue weighted by Gasteiger charge is -2.17. The van der Waals surface area contributed by atoms with Gasteiger partial charge >= 0.3 is 5.97 Å². The van der Waals surface area contributed by atoms with Crippen LogP contribution in [0.2, 0.25) is 0 Å². The predicted molar refractivity (Wildman–Crippen MR) is 118 cm³/mol. The van der Waals surface area contributed by atoms with Gasteiger partial charge in [0, 0.05) is 13.0 Å². The molecule has 0 rings (SSSR count). The summed E-state index contributed by atoms with van der Waals surface area (Å²) >= 11 is 0. The maximum atomic E-state index is 11.9. The van der Waals surface area contributed by atoms with Crippen molar-refractivity contribution in [1.82, 2.24) is 26.6 Å². The molecule has 14 nitrogen and oxygen atoms in total. The zero-order valence-electron chi connectivity index (χ0n) is 19.2. The topological polar surface area (TPSA) is 229 Å². The zero-order chi connectivity index (χ0) is 25.8. The van der Waals surface area contributed by atoms with Gasteiger partial charge in [0.2, 0.25) is 29.5 Å². The molecule has 0 aliphatic carbocycles. The number of carboxylic acid groups (broad SMARTS) is 1. The largest absolute Gasteiger partial charge is 0.480 e. The van der Waals surface area contributed by atoms with Crippen molar-refractivity contribution in [2.24, 2.45) is 5.73 Å². The Bertz CT molecular complexity index is 656.